The molecule has 2 heterocycles. The predicted molar refractivity (Wildman–Crippen MR) is 280 cm³/mol. The summed E-state index contributed by atoms with van der Waals surface area (Å²) >= 11 is 0. The maximum absolute atomic E-state index is 13.0. The maximum Gasteiger partial charge on any atom is 0.306 e. The van der Waals surface area contributed by atoms with Crippen molar-refractivity contribution in [2.75, 3.05) is 26.4 Å². The number of allylic oxidation sites excluding steroid dienone is 10. The second-order valence-electron chi connectivity index (χ2n) is 19.4. The van der Waals surface area contributed by atoms with Crippen molar-refractivity contribution >= 4 is 11.9 Å². The molecular weight excluding hydrogens is 925 g/mol. The molecule has 2 aliphatic heterocycles. The van der Waals surface area contributed by atoms with Crippen LogP contribution >= 0.6 is 0 Å². The molecule has 2 rings (SSSR count). The minimum Gasteiger partial charge on any atom is -0.462 e. The molecule has 416 valence electrons. The largest absolute Gasteiger partial charge is 0.462 e. The molecule has 0 aliphatic carbocycles. The highest BCUT2D eigenvalue weighted by atomic mass is 16.7. The van der Waals surface area contributed by atoms with Crippen LogP contribution in [-0.4, -0.2) is 142 Å². The Hall–Kier alpha value is -2.80. The van der Waals surface area contributed by atoms with Crippen LogP contribution < -0.4 is 0 Å². The van der Waals surface area contributed by atoms with Gasteiger partial charge in [0.15, 0.2) is 18.7 Å². The van der Waals surface area contributed by atoms with Crippen molar-refractivity contribution < 1.29 is 73.8 Å². The van der Waals surface area contributed by atoms with Gasteiger partial charge in [-0.05, 0) is 77.0 Å². The fraction of sp³-hybridized carbons (Fsp3) is 0.789. The lowest BCUT2D eigenvalue weighted by Crippen LogP contribution is -2.61. The lowest BCUT2D eigenvalue weighted by atomic mass is 9.98. The maximum atomic E-state index is 13.0. The van der Waals surface area contributed by atoms with Crippen LogP contribution in [0, 0.1) is 0 Å². The Kier molecular flexibility index (Phi) is 39.4. The summed E-state index contributed by atoms with van der Waals surface area (Å²) < 4.78 is 33.6. The molecule has 2 aliphatic rings. The van der Waals surface area contributed by atoms with E-state index < -0.39 is 99.3 Å². The van der Waals surface area contributed by atoms with Crippen LogP contribution in [0.2, 0.25) is 0 Å². The van der Waals surface area contributed by atoms with Crippen molar-refractivity contribution in [3.8, 4) is 0 Å². The number of esters is 2. The minimum atomic E-state index is -1.77. The van der Waals surface area contributed by atoms with E-state index in [4.69, 9.17) is 28.4 Å². The third-order valence-corrected chi connectivity index (χ3v) is 13.0. The molecule has 0 aromatic carbocycles. The molecule has 2 saturated heterocycles. The zero-order valence-corrected chi connectivity index (χ0v) is 44.1. The normalized spacial score (nSPS) is 25.5. The van der Waals surface area contributed by atoms with Gasteiger partial charge in [0, 0.05) is 12.8 Å². The first kappa shape index (κ1) is 65.3. The van der Waals surface area contributed by atoms with Crippen LogP contribution in [-0.2, 0) is 38.0 Å². The molecule has 4 unspecified atom stereocenters. The number of unbranched alkanes of at least 4 members (excludes halogenated alkanes) is 19. The standard InChI is InChI=1S/C57H98O15/c1-3-5-7-9-11-13-15-17-19-20-21-22-23-24-26-27-29-31-33-35-37-39-48(59)67-42-45(70-49(60)40-38-36-34-32-30-28-25-18-16-14-12-10-8-6-4-2)43-68-56-55(66)53(64)51(62)47(72-56)44-69-57-54(65)52(63)50(61)46(41-58)71-57/h6,8,12,14,17-19,25,30,32,45-47,50-58,61-66H,3-5,7,9-11,13,15-16,20-24,26-29,31,33-44H2,1-2H3/b8-6+,14-12+,19-17+,25-18+,32-30+/t45-,46+,47+,50-,51-,52?,53?,54?,55?,56+,57+/m0/s1. The molecule has 7 N–H and O–H groups in total. The fourth-order valence-corrected chi connectivity index (χ4v) is 8.44. The van der Waals surface area contributed by atoms with Crippen molar-refractivity contribution in [1.29, 1.82) is 0 Å². The number of aliphatic hydroxyl groups excluding tert-OH is 7. The first-order valence-corrected chi connectivity index (χ1v) is 27.9. The molecule has 72 heavy (non-hydrogen) atoms. The third kappa shape index (κ3) is 30.5. The van der Waals surface area contributed by atoms with Crippen LogP contribution in [0.4, 0.5) is 0 Å². The average molecular weight is 1020 g/mol. The zero-order chi connectivity index (χ0) is 52.4. The summed E-state index contributed by atoms with van der Waals surface area (Å²) in [7, 11) is 0. The van der Waals surface area contributed by atoms with Gasteiger partial charge in [0.2, 0.25) is 0 Å². The number of hydrogen-bond acceptors (Lipinski definition) is 15. The van der Waals surface area contributed by atoms with Crippen molar-refractivity contribution in [1.82, 2.24) is 0 Å². The van der Waals surface area contributed by atoms with Gasteiger partial charge < -0.3 is 64.2 Å². The lowest BCUT2D eigenvalue weighted by molar-refractivity contribution is -0.332. The molecule has 11 atom stereocenters. The molecule has 0 aromatic heterocycles. The van der Waals surface area contributed by atoms with E-state index in [1.165, 1.54) is 96.3 Å². The van der Waals surface area contributed by atoms with E-state index in [1.54, 1.807) is 0 Å². The average Bonchev–Trinajstić information content (AvgIpc) is 3.37. The van der Waals surface area contributed by atoms with Crippen molar-refractivity contribution in [2.45, 2.75) is 261 Å². The molecule has 0 aromatic rings. The summed E-state index contributed by atoms with van der Waals surface area (Å²) in [5.74, 6) is -0.974. The molecular formula is C57H98O15. The molecule has 0 saturated carbocycles. The summed E-state index contributed by atoms with van der Waals surface area (Å²) in [4.78, 5) is 25.8. The van der Waals surface area contributed by atoms with E-state index in [0.29, 0.717) is 12.8 Å². The highest BCUT2D eigenvalue weighted by Gasteiger charge is 2.47. The summed E-state index contributed by atoms with van der Waals surface area (Å²) in [5.41, 5.74) is 0. The Labute approximate surface area is 432 Å². The van der Waals surface area contributed by atoms with E-state index >= 15 is 0 Å². The van der Waals surface area contributed by atoms with Gasteiger partial charge in [0.25, 0.3) is 0 Å². The SMILES string of the molecule is CC/C=C/C/C=C/C/C=C/C/C=C/CCCCC(=O)O[C@@H](COC(=O)CCCCCCCCCCCCC/C=C/CCCCCCCC)CO[C@@H]1O[C@H](CO[C@@H]2O[C@H](CO)[C@H](O)C(O)C2O)[C@H](O)C(O)C1O. The molecule has 0 spiro atoms. The number of hydrogen-bond donors (Lipinski definition) is 7. The van der Waals surface area contributed by atoms with E-state index in [0.717, 1.165) is 57.8 Å². The lowest BCUT2D eigenvalue weighted by Gasteiger charge is -2.42. The van der Waals surface area contributed by atoms with Crippen LogP contribution in [0.25, 0.3) is 0 Å². The summed E-state index contributed by atoms with van der Waals surface area (Å²) in [6.07, 6.45) is 33.9. The van der Waals surface area contributed by atoms with Gasteiger partial charge in [-0.15, -0.1) is 0 Å². The number of ether oxygens (including phenoxy) is 6. The van der Waals surface area contributed by atoms with Gasteiger partial charge in [-0.1, -0.05) is 164 Å². The Balaban J connectivity index is 1.77. The quantitative estimate of drug-likeness (QED) is 0.0172. The predicted octanol–water partition coefficient (Wildman–Crippen LogP) is 8.83. The van der Waals surface area contributed by atoms with Gasteiger partial charge in [-0.2, -0.15) is 0 Å². The van der Waals surface area contributed by atoms with Gasteiger partial charge in [-0.25, -0.2) is 0 Å². The van der Waals surface area contributed by atoms with E-state index in [9.17, 15) is 45.3 Å². The number of aliphatic hydroxyl groups is 7. The van der Waals surface area contributed by atoms with Crippen molar-refractivity contribution in [3.05, 3.63) is 60.8 Å². The third-order valence-electron chi connectivity index (χ3n) is 13.0. The van der Waals surface area contributed by atoms with Crippen LogP contribution in [0.15, 0.2) is 60.8 Å². The smallest absolute Gasteiger partial charge is 0.306 e. The molecule has 15 nitrogen and oxygen atoms in total. The Morgan fingerprint density at radius 3 is 1.42 bits per heavy atom. The highest BCUT2D eigenvalue weighted by Crippen LogP contribution is 2.26. The molecule has 0 bridgehead atoms. The molecule has 15 heteroatoms. The number of carbonyl (C=O) groups excluding carboxylic acids is 2. The van der Waals surface area contributed by atoms with E-state index in [2.05, 4.69) is 74.6 Å². The Bertz CT molecular complexity index is 1480. The van der Waals surface area contributed by atoms with Gasteiger partial charge >= 0.3 is 11.9 Å². The minimum absolute atomic E-state index is 0.111. The fourth-order valence-electron chi connectivity index (χ4n) is 8.44. The second-order valence-corrected chi connectivity index (χ2v) is 19.4. The van der Waals surface area contributed by atoms with Crippen LogP contribution in [0.3, 0.4) is 0 Å². The zero-order valence-electron chi connectivity index (χ0n) is 44.1. The van der Waals surface area contributed by atoms with Crippen molar-refractivity contribution in [2.24, 2.45) is 0 Å². The van der Waals surface area contributed by atoms with Gasteiger partial charge in [0.05, 0.1) is 19.8 Å². The number of rotatable bonds is 43. The summed E-state index contributed by atoms with van der Waals surface area (Å²) in [6, 6.07) is 0. The number of carbonyl (C=O) groups is 2. The Morgan fingerprint density at radius 2 is 0.875 bits per heavy atom. The molecule has 2 fully saturated rings. The van der Waals surface area contributed by atoms with E-state index in [-0.39, 0.29) is 19.4 Å². The van der Waals surface area contributed by atoms with Gasteiger partial charge in [0.1, 0.15) is 55.4 Å². The van der Waals surface area contributed by atoms with Gasteiger partial charge in [-0.3, -0.25) is 9.59 Å². The first-order valence-electron chi connectivity index (χ1n) is 27.9. The molecule has 0 amide bonds. The van der Waals surface area contributed by atoms with E-state index in [1.807, 2.05) is 0 Å². The molecule has 0 radical (unpaired) electrons. The van der Waals surface area contributed by atoms with Crippen LogP contribution in [0.5, 0.6) is 0 Å². The highest BCUT2D eigenvalue weighted by molar-refractivity contribution is 5.70. The topological polar surface area (TPSA) is 231 Å². The summed E-state index contributed by atoms with van der Waals surface area (Å²) in [5, 5.41) is 72.2. The van der Waals surface area contributed by atoms with Crippen molar-refractivity contribution in [3.63, 3.8) is 0 Å². The first-order chi connectivity index (χ1) is 35.0. The van der Waals surface area contributed by atoms with Crippen LogP contribution in [0.1, 0.15) is 194 Å². The Morgan fingerprint density at radius 1 is 0.458 bits per heavy atom. The second kappa shape index (κ2) is 43.4. The summed E-state index contributed by atoms with van der Waals surface area (Å²) in [6.45, 7) is 2.44. The monoisotopic (exact) mass is 1020 g/mol.